The molecule has 4 heterocycles. The first-order valence-electron chi connectivity index (χ1n) is 21.4. The zero-order valence-electron chi connectivity index (χ0n) is 35.5. The first kappa shape index (κ1) is 52.1. The summed E-state index contributed by atoms with van der Waals surface area (Å²) in [6.07, 6.45) is -26.5. The lowest BCUT2D eigenvalue weighted by molar-refractivity contribution is -0.387. The number of ether oxygens (including phenoxy) is 11. The van der Waals surface area contributed by atoms with Gasteiger partial charge in [0.2, 0.25) is 0 Å². The van der Waals surface area contributed by atoms with Gasteiger partial charge in [-0.05, 0) is 39.0 Å². The van der Waals surface area contributed by atoms with Crippen LogP contribution in [0.15, 0.2) is 0 Å². The van der Waals surface area contributed by atoms with Crippen LogP contribution in [0.1, 0.15) is 52.9 Å². The van der Waals surface area contributed by atoms with Crippen LogP contribution in [0.5, 0.6) is 0 Å². The maximum absolute atomic E-state index is 11.9. The Kier molecular flexibility index (Phi) is 20.3. The molecular formula is C39H70O23. The smallest absolute Gasteiger partial charge is 0.187 e. The first-order chi connectivity index (χ1) is 29.6. The molecule has 5 fully saturated rings. The Bertz CT molecular complexity index is 1280. The van der Waals surface area contributed by atoms with Crippen molar-refractivity contribution in [1.82, 2.24) is 0 Å². The Balaban J connectivity index is 1.30. The quantitative estimate of drug-likeness (QED) is 0.0426. The van der Waals surface area contributed by atoms with Crippen LogP contribution in [0.3, 0.4) is 0 Å². The van der Waals surface area contributed by atoms with E-state index < -0.39 is 174 Å². The minimum atomic E-state index is -1.98. The zero-order valence-corrected chi connectivity index (χ0v) is 35.5. The lowest BCUT2D eigenvalue weighted by Gasteiger charge is -2.50. The number of rotatable bonds is 19. The molecule has 4 saturated heterocycles. The molecule has 0 spiro atoms. The van der Waals surface area contributed by atoms with Gasteiger partial charge in [-0.1, -0.05) is 13.8 Å². The van der Waals surface area contributed by atoms with E-state index in [1.54, 1.807) is 20.8 Å². The van der Waals surface area contributed by atoms with E-state index in [4.69, 9.17) is 52.1 Å². The van der Waals surface area contributed by atoms with Crippen molar-refractivity contribution in [2.24, 2.45) is 11.8 Å². The van der Waals surface area contributed by atoms with E-state index in [9.17, 15) is 61.3 Å². The highest BCUT2D eigenvalue weighted by Crippen LogP contribution is 2.36. The predicted molar refractivity (Wildman–Crippen MR) is 204 cm³/mol. The molecule has 0 radical (unpaired) electrons. The van der Waals surface area contributed by atoms with E-state index >= 15 is 0 Å². The molecule has 0 bridgehead atoms. The Morgan fingerprint density at radius 1 is 0.516 bits per heavy atom. The Labute approximate surface area is 359 Å². The highest BCUT2D eigenvalue weighted by atomic mass is 16.8. The Morgan fingerprint density at radius 3 is 1.56 bits per heavy atom. The molecule has 4 aliphatic heterocycles. The van der Waals surface area contributed by atoms with Crippen molar-refractivity contribution in [3.05, 3.63) is 0 Å². The fourth-order valence-corrected chi connectivity index (χ4v) is 8.62. The van der Waals surface area contributed by atoms with E-state index in [2.05, 4.69) is 0 Å². The predicted octanol–water partition coefficient (Wildman–Crippen LogP) is -5.09. The molecular weight excluding hydrogens is 836 g/mol. The van der Waals surface area contributed by atoms with Crippen molar-refractivity contribution < 1.29 is 113 Å². The van der Waals surface area contributed by atoms with Crippen LogP contribution in [-0.2, 0) is 52.1 Å². The molecule has 23 nitrogen and oxygen atoms in total. The monoisotopic (exact) mass is 906 g/mol. The molecule has 12 N–H and O–H groups in total. The number of aliphatic hydroxyl groups excluding tert-OH is 12. The van der Waals surface area contributed by atoms with Gasteiger partial charge in [0.05, 0.1) is 76.3 Å². The lowest BCUT2D eigenvalue weighted by atomic mass is 9.88. The highest BCUT2D eigenvalue weighted by molar-refractivity contribution is 4.98. The number of hydrogen-bond donors (Lipinski definition) is 12. The minimum absolute atomic E-state index is 0.208. The summed E-state index contributed by atoms with van der Waals surface area (Å²) in [6.45, 7) is 1.32. The van der Waals surface area contributed by atoms with Gasteiger partial charge in [-0.3, -0.25) is 0 Å². The van der Waals surface area contributed by atoms with E-state index in [0.29, 0.717) is 32.1 Å². The normalized spacial score (nSPS) is 46.8. The number of aliphatic hydroxyl groups is 12. The molecule has 5 rings (SSSR count). The van der Waals surface area contributed by atoms with Gasteiger partial charge in [0.1, 0.15) is 67.1 Å². The molecule has 1 aliphatic carbocycles. The van der Waals surface area contributed by atoms with Gasteiger partial charge in [-0.25, -0.2) is 0 Å². The Morgan fingerprint density at radius 2 is 1.00 bits per heavy atom. The summed E-state index contributed by atoms with van der Waals surface area (Å²) < 4.78 is 64.0. The summed E-state index contributed by atoms with van der Waals surface area (Å²) in [7, 11) is 1.43. The lowest BCUT2D eigenvalue weighted by Crippen LogP contribution is -2.67. The fraction of sp³-hybridized carbons (Fsp3) is 1.00. The zero-order chi connectivity index (χ0) is 45.4. The summed E-state index contributed by atoms with van der Waals surface area (Å²) in [6, 6.07) is 0. The van der Waals surface area contributed by atoms with E-state index in [0.717, 1.165) is 0 Å². The third kappa shape index (κ3) is 12.3. The molecule has 364 valence electrons. The van der Waals surface area contributed by atoms with Crippen molar-refractivity contribution in [2.75, 3.05) is 46.8 Å². The molecule has 1 saturated carbocycles. The average molecular weight is 907 g/mol. The first-order valence-corrected chi connectivity index (χ1v) is 21.4. The van der Waals surface area contributed by atoms with Crippen LogP contribution in [0.2, 0.25) is 0 Å². The second kappa shape index (κ2) is 24.2. The second-order valence-corrected chi connectivity index (χ2v) is 16.8. The molecule has 62 heavy (non-hydrogen) atoms. The summed E-state index contributed by atoms with van der Waals surface area (Å²) in [5, 5.41) is 128. The summed E-state index contributed by atoms with van der Waals surface area (Å²) >= 11 is 0. The van der Waals surface area contributed by atoms with Gasteiger partial charge >= 0.3 is 0 Å². The van der Waals surface area contributed by atoms with E-state index in [1.807, 2.05) is 0 Å². The highest BCUT2D eigenvalue weighted by Gasteiger charge is 2.55. The van der Waals surface area contributed by atoms with Crippen LogP contribution in [0.4, 0.5) is 0 Å². The van der Waals surface area contributed by atoms with Gasteiger partial charge in [0, 0.05) is 18.9 Å². The summed E-state index contributed by atoms with van der Waals surface area (Å²) in [4.78, 5) is 0. The average Bonchev–Trinajstić information content (AvgIpc) is 3.49. The van der Waals surface area contributed by atoms with Gasteiger partial charge in [-0.2, -0.15) is 0 Å². The number of hydrogen-bond acceptors (Lipinski definition) is 23. The SMILES string of the molecule is COC(CO)OC1CCC[C@@H](OC(O)COC2C(O)C(O[C@@H]3OC(CO)[C@@H](O[C@@H]4OC(CO)C(C)C(O)C4O)C(O)C3O)C(CO)O[C@H]2O[C@@H]2C(CO)OC(C)C(C)C2O)CC1. The van der Waals surface area contributed by atoms with Gasteiger partial charge in [0.25, 0.3) is 0 Å². The third-order valence-corrected chi connectivity index (χ3v) is 12.7. The van der Waals surface area contributed by atoms with Crippen LogP contribution in [0, 0.1) is 11.8 Å². The molecule has 0 aromatic carbocycles. The molecule has 5 aliphatic rings. The molecule has 0 aromatic heterocycles. The maximum Gasteiger partial charge on any atom is 0.187 e. The van der Waals surface area contributed by atoms with Crippen LogP contribution >= 0.6 is 0 Å². The van der Waals surface area contributed by atoms with E-state index in [1.165, 1.54) is 7.11 Å². The van der Waals surface area contributed by atoms with Crippen molar-refractivity contribution in [3.63, 3.8) is 0 Å². The van der Waals surface area contributed by atoms with Crippen LogP contribution in [-0.4, -0.2) is 243 Å². The Hall–Kier alpha value is -0.920. The van der Waals surface area contributed by atoms with Gasteiger partial charge < -0.3 is 113 Å². The van der Waals surface area contributed by atoms with Crippen molar-refractivity contribution >= 4 is 0 Å². The number of methoxy groups -OCH3 is 1. The molecule has 0 aromatic rings. The van der Waals surface area contributed by atoms with Crippen molar-refractivity contribution in [3.8, 4) is 0 Å². The van der Waals surface area contributed by atoms with E-state index in [-0.39, 0.29) is 12.7 Å². The standard InChI is InChI=1S/C39H70O23/c1-16-18(3)54-22(11-41)33(28(16)47)62-39-36(53-15-25(45)55-19-6-5-7-20(9-8-19)56-26(14-44)52-4)32(51)35(24(13-43)59-39)61-38-31(50)29(48)34(23(12-42)58-38)60-37-30(49)27(46)17(2)21(10-40)57-37/h16-51H,5-15H2,1-4H3/t16?,17?,18?,19-,20?,21?,22?,23?,24?,25?,26?,27?,28?,29?,30?,31?,32?,33-,34-,35?,36?,37+,38+,39+/m1/s1. The van der Waals surface area contributed by atoms with Crippen LogP contribution < -0.4 is 0 Å². The third-order valence-electron chi connectivity index (χ3n) is 12.7. The molecule has 18 unspecified atom stereocenters. The largest absolute Gasteiger partial charge is 0.394 e. The van der Waals surface area contributed by atoms with Crippen molar-refractivity contribution in [1.29, 1.82) is 0 Å². The summed E-state index contributed by atoms with van der Waals surface area (Å²) in [5.41, 5.74) is 0. The fourth-order valence-electron chi connectivity index (χ4n) is 8.62. The molecule has 24 atom stereocenters. The molecule has 0 amide bonds. The molecule has 23 heteroatoms. The topological polar surface area (TPSA) is 344 Å². The van der Waals surface area contributed by atoms with Gasteiger partial charge in [0.15, 0.2) is 31.5 Å². The maximum atomic E-state index is 11.9. The summed E-state index contributed by atoms with van der Waals surface area (Å²) in [5.74, 6) is -1.18. The minimum Gasteiger partial charge on any atom is -0.394 e. The van der Waals surface area contributed by atoms with Gasteiger partial charge in [-0.15, -0.1) is 0 Å². The van der Waals surface area contributed by atoms with Crippen LogP contribution in [0.25, 0.3) is 0 Å². The second-order valence-electron chi connectivity index (χ2n) is 16.8. The van der Waals surface area contributed by atoms with Crippen molar-refractivity contribution in [2.45, 2.75) is 188 Å².